The van der Waals surface area contributed by atoms with E-state index in [0.29, 0.717) is 23.7 Å². The molecule has 16 heavy (non-hydrogen) atoms. The molecule has 0 saturated carbocycles. The van der Waals surface area contributed by atoms with E-state index < -0.39 is 0 Å². The van der Waals surface area contributed by atoms with Gasteiger partial charge in [-0.05, 0) is 31.0 Å². The van der Waals surface area contributed by atoms with Gasteiger partial charge < -0.3 is 5.32 Å². The van der Waals surface area contributed by atoms with E-state index in [1.54, 1.807) is 0 Å². The van der Waals surface area contributed by atoms with Crippen molar-refractivity contribution in [3.05, 3.63) is 34.9 Å². The maximum Gasteiger partial charge on any atom is 0.220 e. The van der Waals surface area contributed by atoms with E-state index in [2.05, 4.69) is 5.32 Å². The van der Waals surface area contributed by atoms with Crippen molar-refractivity contribution in [2.75, 3.05) is 5.88 Å². The molecule has 1 N–H and O–H groups in total. The predicted molar refractivity (Wildman–Crippen MR) is 68.0 cm³/mol. The van der Waals surface area contributed by atoms with Crippen LogP contribution in [0.25, 0.3) is 0 Å². The average Bonchev–Trinajstić information content (AvgIpc) is 2.27. The predicted octanol–water partition coefficient (Wildman–Crippen LogP) is 3.54. The van der Waals surface area contributed by atoms with Crippen molar-refractivity contribution in [2.24, 2.45) is 0 Å². The van der Waals surface area contributed by atoms with Crippen LogP contribution in [0.4, 0.5) is 0 Å². The summed E-state index contributed by atoms with van der Waals surface area (Å²) in [6.07, 6.45) is 1.18. The summed E-state index contributed by atoms with van der Waals surface area (Å²) in [5, 5.41) is 3.61. The van der Waals surface area contributed by atoms with Crippen LogP contribution in [0.5, 0.6) is 0 Å². The van der Waals surface area contributed by atoms with Gasteiger partial charge in [-0.3, -0.25) is 4.79 Å². The number of hydrogen-bond donors (Lipinski definition) is 1. The number of amides is 1. The molecule has 0 bridgehead atoms. The van der Waals surface area contributed by atoms with Gasteiger partial charge in [0.05, 0.1) is 6.04 Å². The van der Waals surface area contributed by atoms with E-state index >= 15 is 0 Å². The van der Waals surface area contributed by atoms with Crippen LogP contribution in [0, 0.1) is 0 Å². The largest absolute Gasteiger partial charge is 0.350 e. The number of alkyl halides is 1. The van der Waals surface area contributed by atoms with E-state index in [0.717, 1.165) is 5.56 Å². The fraction of sp³-hybridized carbons (Fsp3) is 0.417. The molecule has 1 aromatic rings. The standard InChI is InChI=1S/C12H15Cl2NO/c1-9(15-12(16)3-2-8-13)10-4-6-11(14)7-5-10/h4-7,9H,2-3,8H2,1H3,(H,15,16)/t9-/m1/s1. The molecule has 4 heteroatoms. The number of nitrogens with one attached hydrogen (secondary N) is 1. The lowest BCUT2D eigenvalue weighted by Crippen LogP contribution is -2.26. The van der Waals surface area contributed by atoms with Gasteiger partial charge in [0.25, 0.3) is 0 Å². The topological polar surface area (TPSA) is 29.1 Å². The van der Waals surface area contributed by atoms with Gasteiger partial charge in [0.2, 0.25) is 5.91 Å². The van der Waals surface area contributed by atoms with Gasteiger partial charge in [-0.2, -0.15) is 0 Å². The van der Waals surface area contributed by atoms with Gasteiger partial charge >= 0.3 is 0 Å². The van der Waals surface area contributed by atoms with Crippen molar-refractivity contribution in [1.82, 2.24) is 5.32 Å². The normalized spacial score (nSPS) is 12.2. The number of carbonyl (C=O) groups is 1. The van der Waals surface area contributed by atoms with Crippen LogP contribution in [0.15, 0.2) is 24.3 Å². The summed E-state index contributed by atoms with van der Waals surface area (Å²) in [4.78, 5) is 11.5. The number of carbonyl (C=O) groups excluding carboxylic acids is 1. The van der Waals surface area contributed by atoms with E-state index in [1.807, 2.05) is 31.2 Å². The smallest absolute Gasteiger partial charge is 0.220 e. The number of benzene rings is 1. The number of hydrogen-bond acceptors (Lipinski definition) is 1. The fourth-order valence-corrected chi connectivity index (χ4v) is 1.64. The minimum atomic E-state index is 0.0000853. The Balaban J connectivity index is 2.48. The molecule has 1 amide bonds. The SMILES string of the molecule is C[C@@H](NC(=O)CCCCl)c1ccc(Cl)cc1. The number of halogens is 2. The van der Waals surface area contributed by atoms with Gasteiger partial charge in [-0.15, -0.1) is 11.6 Å². The van der Waals surface area contributed by atoms with Gasteiger partial charge in [-0.1, -0.05) is 23.7 Å². The van der Waals surface area contributed by atoms with Crippen LogP contribution < -0.4 is 5.32 Å². The lowest BCUT2D eigenvalue weighted by Gasteiger charge is -2.14. The van der Waals surface area contributed by atoms with Crippen LogP contribution in [-0.4, -0.2) is 11.8 Å². The molecule has 0 aliphatic carbocycles. The second-order valence-electron chi connectivity index (χ2n) is 3.63. The summed E-state index contributed by atoms with van der Waals surface area (Å²) >= 11 is 11.3. The highest BCUT2D eigenvalue weighted by Gasteiger charge is 2.08. The van der Waals surface area contributed by atoms with Crippen LogP contribution in [0.2, 0.25) is 5.02 Å². The van der Waals surface area contributed by atoms with E-state index in [9.17, 15) is 4.79 Å². The zero-order valence-electron chi connectivity index (χ0n) is 9.17. The molecule has 1 rings (SSSR count). The second-order valence-corrected chi connectivity index (χ2v) is 4.45. The third-order valence-corrected chi connectivity index (χ3v) is 2.80. The molecule has 0 fully saturated rings. The van der Waals surface area contributed by atoms with Gasteiger partial charge in [0.15, 0.2) is 0 Å². The maximum atomic E-state index is 11.5. The fourth-order valence-electron chi connectivity index (χ4n) is 1.38. The third-order valence-electron chi connectivity index (χ3n) is 2.28. The average molecular weight is 260 g/mol. The first-order chi connectivity index (χ1) is 7.63. The van der Waals surface area contributed by atoms with E-state index in [-0.39, 0.29) is 11.9 Å². The summed E-state index contributed by atoms with van der Waals surface area (Å²) in [5.41, 5.74) is 1.05. The highest BCUT2D eigenvalue weighted by Crippen LogP contribution is 2.16. The van der Waals surface area contributed by atoms with Crippen molar-refractivity contribution in [1.29, 1.82) is 0 Å². The van der Waals surface area contributed by atoms with Gasteiger partial charge in [0.1, 0.15) is 0 Å². The first-order valence-electron chi connectivity index (χ1n) is 5.24. The lowest BCUT2D eigenvalue weighted by molar-refractivity contribution is -0.121. The maximum absolute atomic E-state index is 11.5. The molecule has 88 valence electrons. The molecule has 0 aliphatic rings. The number of rotatable bonds is 5. The molecule has 2 nitrogen and oxygen atoms in total. The molecule has 0 spiro atoms. The van der Waals surface area contributed by atoms with Crippen LogP contribution in [-0.2, 0) is 4.79 Å². The van der Waals surface area contributed by atoms with Crippen molar-refractivity contribution in [3.63, 3.8) is 0 Å². The summed E-state index contributed by atoms with van der Waals surface area (Å²) < 4.78 is 0. The van der Waals surface area contributed by atoms with Crippen LogP contribution in [0.1, 0.15) is 31.4 Å². The van der Waals surface area contributed by atoms with Gasteiger partial charge in [-0.25, -0.2) is 0 Å². The lowest BCUT2D eigenvalue weighted by atomic mass is 10.1. The summed E-state index contributed by atoms with van der Waals surface area (Å²) in [7, 11) is 0. The Morgan fingerprint density at radius 1 is 1.38 bits per heavy atom. The van der Waals surface area contributed by atoms with Crippen molar-refractivity contribution in [2.45, 2.75) is 25.8 Å². The Morgan fingerprint density at radius 3 is 2.56 bits per heavy atom. The van der Waals surface area contributed by atoms with Gasteiger partial charge in [0, 0.05) is 17.3 Å². The minimum absolute atomic E-state index is 0.0000853. The quantitative estimate of drug-likeness (QED) is 0.806. The summed E-state index contributed by atoms with van der Waals surface area (Å²) in [6, 6.07) is 7.46. The monoisotopic (exact) mass is 259 g/mol. The highest BCUT2D eigenvalue weighted by molar-refractivity contribution is 6.30. The Bertz CT molecular complexity index is 337. The van der Waals surface area contributed by atoms with E-state index in [1.165, 1.54) is 0 Å². The molecule has 0 heterocycles. The molecular formula is C12H15Cl2NO. The summed E-state index contributed by atoms with van der Waals surface area (Å²) in [5.74, 6) is 0.547. The van der Waals surface area contributed by atoms with E-state index in [4.69, 9.17) is 23.2 Å². The molecule has 0 aromatic heterocycles. The highest BCUT2D eigenvalue weighted by atomic mass is 35.5. The molecule has 1 aromatic carbocycles. The zero-order chi connectivity index (χ0) is 12.0. The Hall–Kier alpha value is -0.730. The molecule has 0 radical (unpaired) electrons. The molecule has 0 aliphatic heterocycles. The minimum Gasteiger partial charge on any atom is -0.350 e. The van der Waals surface area contributed by atoms with Crippen molar-refractivity contribution in [3.8, 4) is 0 Å². The van der Waals surface area contributed by atoms with Crippen molar-refractivity contribution < 1.29 is 4.79 Å². The van der Waals surface area contributed by atoms with Crippen molar-refractivity contribution >= 4 is 29.1 Å². The first kappa shape index (κ1) is 13.3. The second kappa shape index (κ2) is 6.77. The molecule has 0 saturated heterocycles. The van der Waals surface area contributed by atoms with Crippen LogP contribution in [0.3, 0.4) is 0 Å². The zero-order valence-corrected chi connectivity index (χ0v) is 10.7. The molecular weight excluding hydrogens is 245 g/mol. The third kappa shape index (κ3) is 4.42. The Kier molecular flexibility index (Phi) is 5.64. The van der Waals surface area contributed by atoms with Crippen LogP contribution >= 0.6 is 23.2 Å². The molecule has 0 unspecified atom stereocenters. The summed E-state index contributed by atoms with van der Waals surface area (Å²) in [6.45, 7) is 1.95. The first-order valence-corrected chi connectivity index (χ1v) is 6.15. The Labute approximate surface area is 106 Å². The molecule has 1 atom stereocenters. The Morgan fingerprint density at radius 2 is 2.00 bits per heavy atom.